The topological polar surface area (TPSA) is 93.2 Å². The molecular formula is C34H40N4O3S. The van der Waals surface area contributed by atoms with Crippen molar-refractivity contribution in [2.75, 3.05) is 23.2 Å². The Labute approximate surface area is 249 Å². The molecule has 8 heteroatoms. The predicted octanol–water partition coefficient (Wildman–Crippen LogP) is 7.95. The van der Waals surface area contributed by atoms with Crippen molar-refractivity contribution in [2.24, 2.45) is 5.41 Å². The van der Waals surface area contributed by atoms with E-state index in [2.05, 4.69) is 54.0 Å². The Hall–Kier alpha value is -3.91. The van der Waals surface area contributed by atoms with E-state index in [0.29, 0.717) is 12.4 Å². The predicted molar refractivity (Wildman–Crippen MR) is 170 cm³/mol. The number of rotatable bonds is 4. The monoisotopic (exact) mass is 584 g/mol. The maximum atomic E-state index is 13.4. The van der Waals surface area contributed by atoms with E-state index in [4.69, 9.17) is 9.72 Å². The molecule has 220 valence electrons. The number of nitrogens with one attached hydrogen (secondary N) is 2. The molecule has 5 rings (SSSR count). The number of ether oxygens (including phenoxy) is 1. The molecule has 0 fully saturated rings. The van der Waals surface area contributed by atoms with E-state index < -0.39 is 10.0 Å². The van der Waals surface area contributed by atoms with Crippen LogP contribution in [-0.4, -0.2) is 31.5 Å². The van der Waals surface area contributed by atoms with E-state index >= 15 is 0 Å². The number of aromatic nitrogens is 2. The number of pyridine rings is 2. The van der Waals surface area contributed by atoms with Crippen molar-refractivity contribution in [1.29, 1.82) is 0 Å². The summed E-state index contributed by atoms with van der Waals surface area (Å²) in [5, 5.41) is 3.21. The van der Waals surface area contributed by atoms with E-state index in [1.807, 2.05) is 36.4 Å². The van der Waals surface area contributed by atoms with Gasteiger partial charge in [0.1, 0.15) is 17.4 Å². The zero-order valence-corrected chi connectivity index (χ0v) is 25.5. The van der Waals surface area contributed by atoms with Crippen LogP contribution in [0.25, 0.3) is 22.4 Å². The van der Waals surface area contributed by atoms with Gasteiger partial charge in [0.25, 0.3) is 10.0 Å². The van der Waals surface area contributed by atoms with Gasteiger partial charge in [-0.2, -0.15) is 8.42 Å². The van der Waals surface area contributed by atoms with Crippen molar-refractivity contribution < 1.29 is 13.2 Å². The summed E-state index contributed by atoms with van der Waals surface area (Å²) in [7, 11) is -3.96. The van der Waals surface area contributed by atoms with Crippen molar-refractivity contribution in [3.8, 4) is 28.1 Å². The van der Waals surface area contributed by atoms with Crippen LogP contribution >= 0.6 is 0 Å². The molecule has 0 atom stereocenters. The molecule has 2 aromatic heterocycles. The van der Waals surface area contributed by atoms with Crippen molar-refractivity contribution >= 4 is 21.7 Å². The molecule has 0 saturated heterocycles. The van der Waals surface area contributed by atoms with E-state index in [-0.39, 0.29) is 16.3 Å². The summed E-state index contributed by atoms with van der Waals surface area (Å²) in [6.45, 7) is 7.98. The molecule has 0 saturated carbocycles. The fourth-order valence-electron chi connectivity index (χ4n) is 5.02. The minimum atomic E-state index is -3.96. The molecule has 0 unspecified atom stereocenters. The number of anilines is 2. The number of sulfonamides is 1. The van der Waals surface area contributed by atoms with E-state index in [9.17, 15) is 8.42 Å². The highest BCUT2D eigenvalue weighted by Crippen LogP contribution is 2.36. The molecule has 0 spiro atoms. The first-order chi connectivity index (χ1) is 20.2. The number of hydrogen-bond acceptors (Lipinski definition) is 6. The zero-order valence-electron chi connectivity index (χ0n) is 24.7. The summed E-state index contributed by atoms with van der Waals surface area (Å²) < 4.78 is 35.5. The van der Waals surface area contributed by atoms with Gasteiger partial charge in [0.2, 0.25) is 0 Å². The van der Waals surface area contributed by atoms with Crippen LogP contribution < -0.4 is 14.8 Å². The van der Waals surface area contributed by atoms with Gasteiger partial charge in [-0.05, 0) is 78.6 Å². The van der Waals surface area contributed by atoms with Crippen molar-refractivity contribution in [3.05, 3.63) is 84.4 Å². The first kappa shape index (κ1) is 29.6. The summed E-state index contributed by atoms with van der Waals surface area (Å²) in [5.41, 5.74) is 4.98. The minimum Gasteiger partial charge on any atom is -0.494 e. The Morgan fingerprint density at radius 1 is 0.810 bits per heavy atom. The molecule has 4 bridgehead atoms. The lowest BCUT2D eigenvalue weighted by molar-refractivity contribution is 0.243. The number of fused-ring (bicyclic) bond motifs is 6. The highest BCUT2D eigenvalue weighted by molar-refractivity contribution is 7.92. The second-order valence-electron chi connectivity index (χ2n) is 12.0. The zero-order chi connectivity index (χ0) is 29.6. The van der Waals surface area contributed by atoms with Gasteiger partial charge in [-0.25, -0.2) is 9.97 Å². The Morgan fingerprint density at radius 2 is 1.62 bits per heavy atom. The molecule has 42 heavy (non-hydrogen) atoms. The third-order valence-corrected chi connectivity index (χ3v) is 8.61. The lowest BCUT2D eigenvalue weighted by Crippen LogP contribution is -2.16. The maximum absolute atomic E-state index is 13.4. The molecule has 0 radical (unpaired) electrons. The molecule has 0 amide bonds. The van der Waals surface area contributed by atoms with Gasteiger partial charge in [-0.3, -0.25) is 4.72 Å². The van der Waals surface area contributed by atoms with Crippen LogP contribution in [0, 0.1) is 5.41 Å². The van der Waals surface area contributed by atoms with Gasteiger partial charge in [0, 0.05) is 17.7 Å². The summed E-state index contributed by atoms with van der Waals surface area (Å²) in [5.74, 6) is 1.58. The summed E-state index contributed by atoms with van der Waals surface area (Å²) in [6, 6.07) is 25.0. The SMILES string of the molecule is CC(C)(C)CCOc1cccc(-c2ccc3nc2-c2ccccc2CCCCCCNc2cccc(n2)S(=O)(=O)N3)c1. The molecule has 1 aliphatic heterocycles. The van der Waals surface area contributed by atoms with Crippen molar-refractivity contribution in [1.82, 2.24) is 9.97 Å². The normalized spacial score (nSPS) is 15.4. The van der Waals surface area contributed by atoms with Gasteiger partial charge in [0.15, 0.2) is 5.03 Å². The molecular weight excluding hydrogens is 544 g/mol. The fraction of sp³-hybridized carbons (Fsp3) is 0.353. The highest BCUT2D eigenvalue weighted by Gasteiger charge is 2.20. The number of benzene rings is 2. The van der Waals surface area contributed by atoms with Crippen molar-refractivity contribution in [2.45, 2.75) is 64.3 Å². The average molecular weight is 585 g/mol. The summed E-state index contributed by atoms with van der Waals surface area (Å²) in [4.78, 5) is 9.28. The molecule has 7 nitrogen and oxygen atoms in total. The van der Waals surface area contributed by atoms with E-state index in [1.165, 1.54) is 11.6 Å². The number of aryl methyl sites for hydroxylation is 1. The van der Waals surface area contributed by atoms with Crippen molar-refractivity contribution in [3.63, 3.8) is 0 Å². The quantitative estimate of drug-likeness (QED) is 0.253. The fourth-order valence-corrected chi connectivity index (χ4v) is 5.99. The molecule has 3 heterocycles. The Bertz CT molecular complexity index is 1630. The minimum absolute atomic E-state index is 0.0512. The van der Waals surface area contributed by atoms with Crippen LogP contribution in [0.1, 0.15) is 58.4 Å². The molecule has 2 N–H and O–H groups in total. The number of hydrogen-bond donors (Lipinski definition) is 2. The standard InChI is InChI=1S/C34H40N4O3S/c1-34(2,3)21-23-41-27-15-10-14-26(24-27)29-19-20-31-37-33(29)28-16-8-7-13-25(28)12-6-4-5-9-22-35-30-17-11-18-32(36-30)42(39,40)38-31/h7-8,10-11,13-20,24H,4-6,9,12,21-23H2,1-3H3,(H,35,36)(H,37,38). The Balaban J connectivity index is 1.57. The second kappa shape index (κ2) is 12.9. The van der Waals surface area contributed by atoms with Gasteiger partial charge in [-0.1, -0.05) is 76.1 Å². The lowest BCUT2D eigenvalue weighted by Gasteiger charge is -2.19. The number of nitrogens with zero attached hydrogens (tertiary/aromatic N) is 2. The third kappa shape index (κ3) is 7.68. The third-order valence-electron chi connectivity index (χ3n) is 7.35. The largest absolute Gasteiger partial charge is 0.494 e. The van der Waals surface area contributed by atoms with Crippen LogP contribution in [0.4, 0.5) is 11.6 Å². The molecule has 2 aromatic carbocycles. The van der Waals surface area contributed by atoms with Crippen LogP contribution in [-0.2, 0) is 16.4 Å². The van der Waals surface area contributed by atoms with Crippen LogP contribution in [0.2, 0.25) is 0 Å². The van der Waals surface area contributed by atoms with Gasteiger partial charge < -0.3 is 10.1 Å². The Morgan fingerprint density at radius 3 is 2.48 bits per heavy atom. The highest BCUT2D eigenvalue weighted by atomic mass is 32.2. The maximum Gasteiger partial charge on any atom is 0.280 e. The van der Waals surface area contributed by atoms with Gasteiger partial charge in [-0.15, -0.1) is 0 Å². The van der Waals surface area contributed by atoms with Gasteiger partial charge >= 0.3 is 0 Å². The smallest absolute Gasteiger partial charge is 0.280 e. The van der Waals surface area contributed by atoms with E-state index in [1.54, 1.807) is 18.2 Å². The first-order valence-corrected chi connectivity index (χ1v) is 16.2. The molecule has 0 aliphatic carbocycles. The second-order valence-corrected chi connectivity index (χ2v) is 13.6. The first-order valence-electron chi connectivity index (χ1n) is 14.7. The lowest BCUT2D eigenvalue weighted by atomic mass is 9.93. The average Bonchev–Trinajstić information content (AvgIpc) is 2.96. The summed E-state index contributed by atoms with van der Waals surface area (Å²) >= 11 is 0. The molecule has 4 aromatic rings. The van der Waals surface area contributed by atoms with Gasteiger partial charge in [0.05, 0.1) is 12.3 Å². The van der Waals surface area contributed by atoms with Crippen LogP contribution in [0.5, 0.6) is 5.75 Å². The summed E-state index contributed by atoms with van der Waals surface area (Å²) in [6.07, 6.45) is 6.09. The molecule has 1 aliphatic rings. The van der Waals surface area contributed by atoms with Crippen LogP contribution in [0.15, 0.2) is 83.9 Å². The van der Waals surface area contributed by atoms with Crippen LogP contribution in [0.3, 0.4) is 0 Å². The van der Waals surface area contributed by atoms with E-state index in [0.717, 1.165) is 73.2 Å². The Kier molecular flexibility index (Phi) is 9.12.